The maximum Gasteiger partial charge on any atom is 0.252 e. The monoisotopic (exact) mass is 524 g/mol. The van der Waals surface area contributed by atoms with Gasteiger partial charge in [0.15, 0.2) is 2.14 Å². The summed E-state index contributed by atoms with van der Waals surface area (Å²) in [6, 6.07) is 23.3. The summed E-state index contributed by atoms with van der Waals surface area (Å²) >= 11 is 10.6. The minimum atomic E-state index is -0.714. The molecule has 0 radical (unpaired) electrons. The molecular weight excluding hydrogens is 512 g/mol. The average Bonchev–Trinajstić information content (AvgIpc) is 2.61. The largest absolute Gasteiger partial charge is 0.362 e. The van der Waals surface area contributed by atoms with E-state index in [1.165, 1.54) is 0 Å². The molecule has 3 aromatic carbocycles. The molecule has 0 saturated carbocycles. The van der Waals surface area contributed by atoms with Gasteiger partial charge in [0, 0.05) is 16.6 Å². The van der Waals surface area contributed by atoms with E-state index in [4.69, 9.17) is 0 Å². The molecule has 0 aliphatic heterocycles. The molecular formula is C19H15Br3N2O. The van der Waals surface area contributed by atoms with E-state index >= 15 is 0 Å². The maximum atomic E-state index is 12.5. The summed E-state index contributed by atoms with van der Waals surface area (Å²) in [5.41, 5.74) is 1.53. The molecule has 0 spiro atoms. The Morgan fingerprint density at radius 2 is 1.48 bits per heavy atom. The predicted octanol–water partition coefficient (Wildman–Crippen LogP) is 5.85. The van der Waals surface area contributed by atoms with Gasteiger partial charge in [-0.1, -0.05) is 102 Å². The highest BCUT2D eigenvalue weighted by Crippen LogP contribution is 2.38. The zero-order chi connectivity index (χ0) is 17.9. The SMILES string of the molecule is O=C(N[C@H](Nc1cccc2ccccc12)C(Br)(Br)Br)c1ccccc1. The van der Waals surface area contributed by atoms with Crippen LogP contribution < -0.4 is 10.6 Å². The van der Waals surface area contributed by atoms with Crippen molar-refractivity contribution in [1.29, 1.82) is 0 Å². The third-order valence-corrected chi connectivity index (χ3v) is 5.10. The van der Waals surface area contributed by atoms with E-state index in [0.29, 0.717) is 5.56 Å². The Balaban J connectivity index is 1.88. The van der Waals surface area contributed by atoms with Crippen LogP contribution in [0, 0.1) is 0 Å². The van der Waals surface area contributed by atoms with Crippen molar-refractivity contribution in [3.63, 3.8) is 0 Å². The van der Waals surface area contributed by atoms with Crippen molar-refractivity contribution in [3.05, 3.63) is 78.4 Å². The van der Waals surface area contributed by atoms with E-state index in [0.717, 1.165) is 16.5 Å². The van der Waals surface area contributed by atoms with Gasteiger partial charge in [0.05, 0.1) is 0 Å². The number of amides is 1. The first-order chi connectivity index (χ1) is 11.9. The molecule has 0 unspecified atom stereocenters. The number of benzene rings is 3. The summed E-state index contributed by atoms with van der Waals surface area (Å²) in [5, 5.41) is 8.60. The van der Waals surface area contributed by atoms with Crippen LogP contribution in [0.5, 0.6) is 0 Å². The highest BCUT2D eigenvalue weighted by molar-refractivity contribution is 9.39. The Morgan fingerprint density at radius 3 is 2.20 bits per heavy atom. The average molecular weight is 527 g/mol. The minimum absolute atomic E-state index is 0.166. The van der Waals surface area contributed by atoms with Crippen molar-refractivity contribution in [1.82, 2.24) is 5.32 Å². The van der Waals surface area contributed by atoms with Crippen LogP contribution in [0.25, 0.3) is 10.8 Å². The highest BCUT2D eigenvalue weighted by atomic mass is 80.0. The fraction of sp³-hybridized carbons (Fsp3) is 0.105. The third-order valence-electron chi connectivity index (χ3n) is 3.73. The molecule has 3 rings (SSSR count). The second kappa shape index (κ2) is 7.89. The third kappa shape index (κ3) is 4.63. The summed E-state index contributed by atoms with van der Waals surface area (Å²) < 4.78 is -0.714. The summed E-state index contributed by atoms with van der Waals surface area (Å²) in [7, 11) is 0. The van der Waals surface area contributed by atoms with Crippen molar-refractivity contribution in [3.8, 4) is 0 Å². The van der Waals surface area contributed by atoms with Crippen molar-refractivity contribution in [2.24, 2.45) is 0 Å². The van der Waals surface area contributed by atoms with Crippen molar-refractivity contribution in [2.75, 3.05) is 5.32 Å². The molecule has 6 heteroatoms. The topological polar surface area (TPSA) is 41.1 Å². The Kier molecular flexibility index (Phi) is 5.81. The quantitative estimate of drug-likeness (QED) is 0.331. The smallest absolute Gasteiger partial charge is 0.252 e. The van der Waals surface area contributed by atoms with Crippen LogP contribution in [0.4, 0.5) is 5.69 Å². The first kappa shape index (κ1) is 18.4. The molecule has 2 N–H and O–H groups in total. The second-order valence-electron chi connectivity index (χ2n) is 5.49. The standard InChI is InChI=1S/C19H15Br3N2O/c20-19(21,22)18(24-17(25)14-8-2-1-3-9-14)23-16-12-6-10-13-7-4-5-11-15(13)16/h1-12,18,23H,(H,24,25)/t18-/m0/s1. The summed E-state index contributed by atoms with van der Waals surface area (Å²) in [5.74, 6) is -0.166. The van der Waals surface area contributed by atoms with E-state index in [1.54, 1.807) is 12.1 Å². The van der Waals surface area contributed by atoms with E-state index in [-0.39, 0.29) is 5.91 Å². The second-order valence-corrected chi connectivity index (χ2v) is 12.4. The van der Waals surface area contributed by atoms with Gasteiger partial charge in [0.2, 0.25) is 0 Å². The van der Waals surface area contributed by atoms with E-state index in [2.05, 4.69) is 70.6 Å². The summed E-state index contributed by atoms with van der Waals surface area (Å²) in [4.78, 5) is 12.5. The van der Waals surface area contributed by atoms with Crippen LogP contribution in [-0.2, 0) is 0 Å². The van der Waals surface area contributed by atoms with Gasteiger partial charge in [-0.2, -0.15) is 0 Å². The van der Waals surface area contributed by atoms with Gasteiger partial charge < -0.3 is 10.6 Å². The normalized spacial score (nSPS) is 12.6. The highest BCUT2D eigenvalue weighted by Gasteiger charge is 2.32. The maximum absolute atomic E-state index is 12.5. The Morgan fingerprint density at radius 1 is 0.840 bits per heavy atom. The zero-order valence-electron chi connectivity index (χ0n) is 13.0. The van der Waals surface area contributed by atoms with Crippen LogP contribution in [0.1, 0.15) is 10.4 Å². The Labute approximate surface area is 171 Å². The first-order valence-electron chi connectivity index (χ1n) is 7.62. The summed E-state index contributed by atoms with van der Waals surface area (Å²) in [6.07, 6.45) is -0.453. The minimum Gasteiger partial charge on any atom is -0.362 e. The molecule has 0 aliphatic carbocycles. The lowest BCUT2D eigenvalue weighted by molar-refractivity contribution is 0.0943. The van der Waals surface area contributed by atoms with Crippen molar-refractivity contribution < 1.29 is 4.79 Å². The molecule has 1 atom stereocenters. The molecule has 0 aliphatic rings. The number of carbonyl (C=O) groups excluding carboxylic acids is 1. The Hall–Kier alpha value is -1.37. The number of hydrogen-bond acceptors (Lipinski definition) is 2. The Bertz CT molecular complexity index is 873. The van der Waals surface area contributed by atoms with Gasteiger partial charge in [-0.25, -0.2) is 0 Å². The number of halogens is 3. The number of fused-ring (bicyclic) bond motifs is 1. The molecule has 25 heavy (non-hydrogen) atoms. The van der Waals surface area contributed by atoms with Gasteiger partial charge in [0.1, 0.15) is 6.17 Å². The number of anilines is 1. The lowest BCUT2D eigenvalue weighted by atomic mass is 10.1. The molecule has 128 valence electrons. The lowest BCUT2D eigenvalue weighted by Gasteiger charge is -2.29. The fourth-order valence-corrected chi connectivity index (χ4v) is 3.20. The number of alkyl halides is 3. The van der Waals surface area contributed by atoms with Crippen LogP contribution in [0.15, 0.2) is 72.8 Å². The van der Waals surface area contributed by atoms with E-state index < -0.39 is 8.31 Å². The van der Waals surface area contributed by atoms with Crippen LogP contribution in [0.3, 0.4) is 0 Å². The number of rotatable bonds is 4. The fourth-order valence-electron chi connectivity index (χ4n) is 2.51. The van der Waals surface area contributed by atoms with Crippen LogP contribution in [-0.4, -0.2) is 14.2 Å². The molecule has 3 nitrogen and oxygen atoms in total. The molecule has 0 fully saturated rings. The molecule has 3 aromatic rings. The predicted molar refractivity (Wildman–Crippen MR) is 115 cm³/mol. The van der Waals surface area contributed by atoms with Gasteiger partial charge in [-0.15, -0.1) is 0 Å². The van der Waals surface area contributed by atoms with Gasteiger partial charge >= 0.3 is 0 Å². The molecule has 0 bridgehead atoms. The molecule has 0 aromatic heterocycles. The van der Waals surface area contributed by atoms with E-state index in [9.17, 15) is 4.79 Å². The van der Waals surface area contributed by atoms with Gasteiger partial charge in [-0.05, 0) is 23.6 Å². The molecule has 1 amide bonds. The first-order valence-corrected chi connectivity index (χ1v) is 10.00. The summed E-state index contributed by atoms with van der Waals surface area (Å²) in [6.45, 7) is 0. The van der Waals surface area contributed by atoms with Gasteiger partial charge in [0.25, 0.3) is 5.91 Å². The zero-order valence-corrected chi connectivity index (χ0v) is 17.8. The molecule has 0 heterocycles. The lowest BCUT2D eigenvalue weighted by Crippen LogP contribution is -2.48. The molecule has 0 saturated heterocycles. The van der Waals surface area contributed by atoms with Gasteiger partial charge in [-0.3, -0.25) is 4.79 Å². The van der Waals surface area contributed by atoms with Crippen LogP contribution in [0.2, 0.25) is 0 Å². The van der Waals surface area contributed by atoms with Crippen LogP contribution >= 0.6 is 47.8 Å². The van der Waals surface area contributed by atoms with Crippen molar-refractivity contribution in [2.45, 2.75) is 8.31 Å². The van der Waals surface area contributed by atoms with Crippen molar-refractivity contribution >= 4 is 70.2 Å². The number of nitrogens with one attached hydrogen (secondary N) is 2. The van der Waals surface area contributed by atoms with E-state index in [1.807, 2.05) is 48.5 Å². The number of carbonyl (C=O) groups is 1. The number of hydrogen-bond donors (Lipinski definition) is 2.